The van der Waals surface area contributed by atoms with Crippen molar-refractivity contribution < 1.29 is 19.2 Å². The fourth-order valence-electron chi connectivity index (χ4n) is 1.91. The topological polar surface area (TPSA) is 111 Å². The van der Waals surface area contributed by atoms with Crippen molar-refractivity contribution in [3.05, 3.63) is 39.4 Å². The van der Waals surface area contributed by atoms with Crippen LogP contribution in [0.1, 0.15) is 31.9 Å². The number of aryl methyl sites for hydroxylation is 1. The molecule has 0 fully saturated rings. The molecule has 0 aliphatic carbocycles. The number of ether oxygens (including phenoxy) is 1. The molecule has 0 aliphatic rings. The van der Waals surface area contributed by atoms with Crippen LogP contribution in [0.5, 0.6) is 0 Å². The number of alkyl carbamates (subject to hydrolysis) is 1. The third kappa shape index (κ3) is 7.08. The molecule has 0 bridgehead atoms. The van der Waals surface area contributed by atoms with E-state index >= 15 is 0 Å². The molecule has 2 amide bonds. The van der Waals surface area contributed by atoms with Gasteiger partial charge in [0.15, 0.2) is 0 Å². The number of carbonyl (C=O) groups is 2. The lowest BCUT2D eigenvalue weighted by Gasteiger charge is -2.19. The largest absolute Gasteiger partial charge is 0.444 e. The number of nitro benzene ring substituents is 1. The summed E-state index contributed by atoms with van der Waals surface area (Å²) in [4.78, 5) is 33.8. The van der Waals surface area contributed by atoms with Crippen molar-refractivity contribution in [2.75, 3.05) is 13.1 Å². The zero-order chi connectivity index (χ0) is 18.3. The van der Waals surface area contributed by atoms with Gasteiger partial charge in [0.1, 0.15) is 5.60 Å². The molecule has 0 heterocycles. The minimum atomic E-state index is -0.586. The van der Waals surface area contributed by atoms with Crippen molar-refractivity contribution in [3.8, 4) is 0 Å². The van der Waals surface area contributed by atoms with E-state index in [1.54, 1.807) is 39.8 Å². The summed E-state index contributed by atoms with van der Waals surface area (Å²) >= 11 is 0. The quantitative estimate of drug-likeness (QED) is 0.469. The standard InChI is InChI=1S/C16H23N3O5/c1-11-5-6-12(13(9-11)19(22)23)10-14(20)17-7-8-18-15(21)24-16(2,3)4/h5-6,9H,7-8,10H2,1-4H3,(H,17,20)(H,18,21). The molecule has 0 unspecified atom stereocenters. The molecule has 1 rings (SSSR count). The predicted octanol–water partition coefficient (Wildman–Crippen LogP) is 2.09. The summed E-state index contributed by atoms with van der Waals surface area (Å²) < 4.78 is 5.06. The fraction of sp³-hybridized carbons (Fsp3) is 0.500. The van der Waals surface area contributed by atoms with Crippen LogP contribution in [0.15, 0.2) is 18.2 Å². The number of nitrogens with zero attached hydrogens (tertiary/aromatic N) is 1. The molecule has 0 saturated carbocycles. The zero-order valence-corrected chi connectivity index (χ0v) is 14.3. The summed E-state index contributed by atoms with van der Waals surface area (Å²) in [7, 11) is 0. The maximum Gasteiger partial charge on any atom is 0.407 e. The molecule has 2 N–H and O–H groups in total. The molecule has 0 atom stereocenters. The first-order valence-electron chi connectivity index (χ1n) is 7.56. The fourth-order valence-corrected chi connectivity index (χ4v) is 1.91. The first-order chi connectivity index (χ1) is 11.1. The van der Waals surface area contributed by atoms with Crippen LogP contribution >= 0.6 is 0 Å². The van der Waals surface area contributed by atoms with E-state index in [0.29, 0.717) is 5.56 Å². The van der Waals surface area contributed by atoms with Crippen molar-refractivity contribution in [3.63, 3.8) is 0 Å². The van der Waals surface area contributed by atoms with Gasteiger partial charge in [-0.3, -0.25) is 14.9 Å². The first kappa shape index (κ1) is 19.4. The molecule has 0 spiro atoms. The second kappa shape index (κ2) is 8.28. The molecule has 1 aromatic rings. The highest BCUT2D eigenvalue weighted by Gasteiger charge is 2.17. The lowest BCUT2D eigenvalue weighted by molar-refractivity contribution is -0.385. The number of hydrogen-bond acceptors (Lipinski definition) is 5. The summed E-state index contributed by atoms with van der Waals surface area (Å²) in [6.07, 6.45) is -0.658. The van der Waals surface area contributed by atoms with Gasteiger partial charge >= 0.3 is 6.09 Å². The van der Waals surface area contributed by atoms with Crippen LogP contribution in [-0.2, 0) is 16.0 Å². The molecular formula is C16H23N3O5. The first-order valence-corrected chi connectivity index (χ1v) is 7.56. The van der Waals surface area contributed by atoms with Gasteiger partial charge in [-0.15, -0.1) is 0 Å². The van der Waals surface area contributed by atoms with E-state index in [-0.39, 0.29) is 31.1 Å². The molecule has 1 aromatic carbocycles. The van der Waals surface area contributed by atoms with Gasteiger partial charge in [-0.2, -0.15) is 0 Å². The Balaban J connectivity index is 2.43. The third-order valence-corrected chi connectivity index (χ3v) is 2.90. The van der Waals surface area contributed by atoms with Gasteiger partial charge in [0, 0.05) is 24.7 Å². The van der Waals surface area contributed by atoms with Gasteiger partial charge in [0.25, 0.3) is 5.69 Å². The van der Waals surface area contributed by atoms with Crippen LogP contribution < -0.4 is 10.6 Å². The number of hydrogen-bond donors (Lipinski definition) is 2. The molecular weight excluding hydrogens is 314 g/mol. The molecule has 0 aromatic heterocycles. The SMILES string of the molecule is Cc1ccc(CC(=O)NCCNC(=O)OC(C)(C)C)c([N+](=O)[O-])c1. The van der Waals surface area contributed by atoms with Gasteiger partial charge in [-0.1, -0.05) is 12.1 Å². The maximum atomic E-state index is 11.9. The Kier molecular flexibility index (Phi) is 6.69. The lowest BCUT2D eigenvalue weighted by atomic mass is 10.1. The monoisotopic (exact) mass is 337 g/mol. The van der Waals surface area contributed by atoms with E-state index in [1.807, 2.05) is 0 Å². The number of benzene rings is 1. The smallest absolute Gasteiger partial charge is 0.407 e. The van der Waals surface area contributed by atoms with Gasteiger partial charge in [0.2, 0.25) is 5.91 Å². The van der Waals surface area contributed by atoms with Crippen molar-refractivity contribution in [1.29, 1.82) is 0 Å². The van der Waals surface area contributed by atoms with Crippen molar-refractivity contribution >= 4 is 17.7 Å². The lowest BCUT2D eigenvalue weighted by Crippen LogP contribution is -2.38. The number of rotatable bonds is 6. The summed E-state index contributed by atoms with van der Waals surface area (Å²) in [6, 6.07) is 4.73. The summed E-state index contributed by atoms with van der Waals surface area (Å²) in [5, 5.41) is 16.1. The van der Waals surface area contributed by atoms with Gasteiger partial charge < -0.3 is 15.4 Å². The second-order valence-electron chi connectivity index (χ2n) is 6.34. The molecule has 8 heteroatoms. The summed E-state index contributed by atoms with van der Waals surface area (Å²) in [5.74, 6) is -0.354. The van der Waals surface area contributed by atoms with Crippen LogP contribution in [0.4, 0.5) is 10.5 Å². The summed E-state index contributed by atoms with van der Waals surface area (Å²) in [5.41, 5.74) is 0.449. The average Bonchev–Trinajstić information content (AvgIpc) is 2.43. The zero-order valence-electron chi connectivity index (χ0n) is 14.3. The molecule has 0 radical (unpaired) electrons. The number of carbonyl (C=O) groups excluding carboxylic acids is 2. The molecule has 8 nitrogen and oxygen atoms in total. The highest BCUT2D eigenvalue weighted by molar-refractivity contribution is 5.79. The van der Waals surface area contributed by atoms with E-state index in [4.69, 9.17) is 4.74 Å². The van der Waals surface area contributed by atoms with E-state index < -0.39 is 16.6 Å². The molecule has 24 heavy (non-hydrogen) atoms. The Morgan fingerprint density at radius 1 is 1.21 bits per heavy atom. The Bertz CT molecular complexity index is 623. The van der Waals surface area contributed by atoms with E-state index in [2.05, 4.69) is 10.6 Å². The van der Waals surface area contributed by atoms with E-state index in [9.17, 15) is 19.7 Å². The van der Waals surface area contributed by atoms with Crippen LogP contribution in [0.2, 0.25) is 0 Å². The average molecular weight is 337 g/mol. The number of amides is 2. The minimum absolute atomic E-state index is 0.0722. The van der Waals surface area contributed by atoms with Crippen LogP contribution in [0.3, 0.4) is 0 Å². The van der Waals surface area contributed by atoms with Crippen molar-refractivity contribution in [2.24, 2.45) is 0 Å². The maximum absolute atomic E-state index is 11.9. The molecule has 0 aliphatic heterocycles. The minimum Gasteiger partial charge on any atom is -0.444 e. The van der Waals surface area contributed by atoms with Crippen LogP contribution in [-0.4, -0.2) is 35.6 Å². The normalized spacial score (nSPS) is 10.8. The third-order valence-electron chi connectivity index (χ3n) is 2.90. The Hall–Kier alpha value is -2.64. The van der Waals surface area contributed by atoms with Crippen molar-refractivity contribution in [2.45, 2.75) is 39.7 Å². The Labute approximate surface area is 140 Å². The van der Waals surface area contributed by atoms with Crippen LogP contribution in [0, 0.1) is 17.0 Å². The van der Waals surface area contributed by atoms with E-state index in [1.165, 1.54) is 6.07 Å². The van der Waals surface area contributed by atoms with Gasteiger partial charge in [-0.05, 0) is 33.3 Å². The van der Waals surface area contributed by atoms with Crippen molar-refractivity contribution in [1.82, 2.24) is 10.6 Å². The Morgan fingerprint density at radius 2 is 1.83 bits per heavy atom. The highest BCUT2D eigenvalue weighted by atomic mass is 16.6. The summed E-state index contributed by atoms with van der Waals surface area (Å²) in [6.45, 7) is 7.42. The Morgan fingerprint density at radius 3 is 2.42 bits per heavy atom. The van der Waals surface area contributed by atoms with Crippen LogP contribution in [0.25, 0.3) is 0 Å². The van der Waals surface area contributed by atoms with E-state index in [0.717, 1.165) is 5.56 Å². The predicted molar refractivity (Wildman–Crippen MR) is 88.8 cm³/mol. The molecule has 132 valence electrons. The number of nitro groups is 1. The second-order valence-corrected chi connectivity index (χ2v) is 6.34. The molecule has 0 saturated heterocycles. The van der Waals surface area contributed by atoms with Gasteiger partial charge in [-0.25, -0.2) is 4.79 Å². The number of nitrogens with one attached hydrogen (secondary N) is 2. The highest BCUT2D eigenvalue weighted by Crippen LogP contribution is 2.20. The van der Waals surface area contributed by atoms with Gasteiger partial charge in [0.05, 0.1) is 11.3 Å².